The predicted octanol–water partition coefficient (Wildman–Crippen LogP) is 14.6. The third kappa shape index (κ3) is 5.12. The molecule has 0 N–H and O–H groups in total. The number of nitriles is 1. The molecule has 0 amide bonds. The summed E-state index contributed by atoms with van der Waals surface area (Å²) in [7, 11) is 0. The van der Waals surface area contributed by atoms with Crippen LogP contribution >= 0.6 is 0 Å². The molecule has 3 aliphatic rings. The molecule has 0 aliphatic carbocycles. The Morgan fingerprint density at radius 3 is 1.84 bits per heavy atom. The summed E-state index contributed by atoms with van der Waals surface area (Å²) in [4.78, 5) is 1.87. The van der Waals surface area contributed by atoms with Gasteiger partial charge in [-0.05, 0) is 123 Å². The van der Waals surface area contributed by atoms with Gasteiger partial charge in [0.2, 0.25) is 0 Å². The van der Waals surface area contributed by atoms with Crippen molar-refractivity contribution in [3.8, 4) is 17.4 Å². The van der Waals surface area contributed by atoms with Crippen molar-refractivity contribution in [2.45, 2.75) is 52.4 Å². The second-order valence-electron chi connectivity index (χ2n) is 19.4. The van der Waals surface area contributed by atoms with Crippen LogP contribution in [0.25, 0.3) is 76.9 Å². The SMILES string of the molecule is [2H]c1c([2H])c2c3c(c1[2H])-n1c4c([2H])c([2H])c([2H])c([2H])c4c4c([2H])c([2H])c([2H])c(c41)N3c1c([2H])c(C#N)c([2H])c3c1B2c1c([2H])c([2H])c(-n2c4c([2H])c([2H])c(C(C)(C)C)c([2H])c4c4c([2H])c(C(C)(C)C)c([2H])c([2H])c42)c([2H])c1N3c1c([2H])c([2H])c2c(oc3c([2H])c([2H])c([2H])c([2H])c32)c1[2H]. The van der Waals surface area contributed by atoms with Gasteiger partial charge in [0.1, 0.15) is 11.2 Å². The van der Waals surface area contributed by atoms with Gasteiger partial charge in [-0.25, -0.2) is 0 Å². The van der Waals surface area contributed by atoms with Crippen LogP contribution in [0.2, 0.25) is 0 Å². The Hall–Kier alpha value is -8.47. The summed E-state index contributed by atoms with van der Waals surface area (Å²) in [6.45, 7) is 8.06. The molecule has 0 radical (unpaired) electrons. The molecule has 7 heteroatoms. The van der Waals surface area contributed by atoms with Crippen LogP contribution in [-0.4, -0.2) is 15.8 Å². The summed E-state index contributed by atoms with van der Waals surface area (Å²) in [6, 6.07) is -20.4. The molecule has 0 unspecified atom stereocenters. The topological polar surface area (TPSA) is 53.3 Å². The van der Waals surface area contributed by atoms with Crippen molar-refractivity contribution in [2.75, 3.05) is 9.80 Å². The third-order valence-electron chi connectivity index (χ3n) is 13.3. The zero-order valence-corrected chi connectivity index (χ0v) is 37.7. The number of anilines is 6. The lowest BCUT2D eigenvalue weighted by atomic mass is 9.33. The number of fused-ring (bicyclic) bond motifs is 15. The van der Waals surface area contributed by atoms with E-state index in [0.717, 1.165) is 18.9 Å². The van der Waals surface area contributed by atoms with Crippen LogP contribution in [-0.2, 0) is 10.8 Å². The Morgan fingerprint density at radius 2 is 1.10 bits per heavy atom. The molecule has 3 aromatic heterocycles. The number of aromatic nitrogens is 2. The maximum Gasteiger partial charge on any atom is 0.252 e. The highest BCUT2D eigenvalue weighted by Gasteiger charge is 2.46. The molecular weight excluding hydrogens is 854 g/mol. The fourth-order valence-electron chi connectivity index (χ4n) is 10.1. The Morgan fingerprint density at radius 1 is 0.471 bits per heavy atom. The van der Waals surface area contributed by atoms with Crippen LogP contribution in [0.4, 0.5) is 34.1 Å². The van der Waals surface area contributed by atoms with E-state index in [1.165, 1.54) is 0 Å². The van der Waals surface area contributed by atoms with Crippen LogP contribution in [0.15, 0.2) is 174 Å². The molecule has 3 aliphatic heterocycles. The first-order valence-corrected chi connectivity index (χ1v) is 22.2. The lowest BCUT2D eigenvalue weighted by Crippen LogP contribution is -2.61. The molecule has 12 aromatic rings. The molecule has 0 saturated carbocycles. The van der Waals surface area contributed by atoms with Crippen LogP contribution in [0.3, 0.4) is 0 Å². The molecule has 0 bridgehead atoms. The molecule has 6 nitrogen and oxygen atoms in total. The molecular formula is C63H46BN5O. The quantitative estimate of drug-likeness (QED) is 0.162. The number of nitrogens with zero attached hydrogens (tertiary/aromatic N) is 5. The van der Waals surface area contributed by atoms with E-state index in [2.05, 4.69) is 0 Å². The minimum absolute atomic E-state index is 0.00681. The maximum atomic E-state index is 11.5. The van der Waals surface area contributed by atoms with Gasteiger partial charge in [-0.2, -0.15) is 5.26 Å². The average molecular weight is 928 g/mol. The van der Waals surface area contributed by atoms with Crippen LogP contribution in [0.1, 0.15) is 96.6 Å². The van der Waals surface area contributed by atoms with Crippen molar-refractivity contribution < 1.29 is 42.8 Å². The summed E-state index contributed by atoms with van der Waals surface area (Å²) >= 11 is 0. The molecule has 332 valence electrons. The first kappa shape index (κ1) is 21.0. The Bertz CT molecular complexity index is 5960. The third-order valence-corrected chi connectivity index (χ3v) is 13.3. The molecule has 6 heterocycles. The standard InChI is InChI=1S/C63H46BN5O/c1-62(2,3)37-21-27-50-45(31-37)46-32-38(63(4,5)6)22-28-51(46)66(50)39-24-26-47-54(33-39)67(40-23-25-43-42-14-8-10-20-57(42)70-58(43)34-40)55-29-36(35-65)30-56-59(55)64(47)48-16-12-19-53-61(48)69(56)52-18-11-15-44-41-13-7-9-17-49(41)68(53)60(44)52/h7-34H,1-6H3/i7D,8D,9D,10D,11D,12D,13D,14D,15D,16D,17D,18D,19D,20D,21D,22D,23D,24D,25D,26D,27D,28D,29D,30D,31D,32D,33D,34D. The van der Waals surface area contributed by atoms with Gasteiger partial charge in [0.25, 0.3) is 6.71 Å². The van der Waals surface area contributed by atoms with E-state index >= 15 is 0 Å². The summed E-state index contributed by atoms with van der Waals surface area (Å²) in [5.41, 5.74) is -12.8. The zero-order valence-electron chi connectivity index (χ0n) is 65.7. The number of rotatable bonds is 2. The molecule has 15 rings (SSSR count). The van der Waals surface area contributed by atoms with E-state index in [9.17, 15) is 35.4 Å². The van der Waals surface area contributed by atoms with Gasteiger partial charge < -0.3 is 23.4 Å². The number of furan rings is 1. The molecule has 0 saturated heterocycles. The van der Waals surface area contributed by atoms with Gasteiger partial charge in [0.15, 0.2) is 0 Å². The van der Waals surface area contributed by atoms with E-state index in [0.29, 0.717) is 0 Å². The Kier molecular flexibility index (Phi) is 4.03. The van der Waals surface area contributed by atoms with E-state index < -0.39 is 293 Å². The van der Waals surface area contributed by atoms with Crippen LogP contribution in [0.5, 0.6) is 0 Å². The molecule has 0 fully saturated rings. The average Bonchev–Trinajstić information content (AvgIpc) is 1.14. The number of hydrogen-bond donors (Lipinski definition) is 0. The van der Waals surface area contributed by atoms with E-state index in [1.807, 2.05) is 6.07 Å². The maximum absolute atomic E-state index is 11.5. The number of benzene rings is 9. The van der Waals surface area contributed by atoms with Crippen molar-refractivity contribution in [1.82, 2.24) is 9.13 Å². The highest BCUT2D eigenvalue weighted by atomic mass is 16.3. The molecule has 0 atom stereocenters. The summed E-state index contributed by atoms with van der Waals surface area (Å²) < 4.78 is 280. The molecule has 9 aromatic carbocycles. The molecule has 0 spiro atoms. The minimum Gasteiger partial charge on any atom is -0.456 e. The van der Waals surface area contributed by atoms with Crippen LogP contribution < -0.4 is 26.2 Å². The zero-order chi connectivity index (χ0) is 71.5. The van der Waals surface area contributed by atoms with Crippen LogP contribution in [0, 0.1) is 11.3 Å². The van der Waals surface area contributed by atoms with E-state index in [4.69, 9.17) is 12.6 Å². The van der Waals surface area contributed by atoms with Crippen molar-refractivity contribution in [2.24, 2.45) is 0 Å². The first-order chi connectivity index (χ1) is 45.7. The number of hydrogen-bond acceptors (Lipinski definition) is 4. The van der Waals surface area contributed by atoms with Gasteiger partial charge >= 0.3 is 0 Å². The summed E-state index contributed by atoms with van der Waals surface area (Å²) in [5.74, 6) is 0. The normalized spacial score (nSPS) is 19.4. The summed E-state index contributed by atoms with van der Waals surface area (Å²) in [5, 5.41) is 9.29. The second kappa shape index (κ2) is 13.4. The highest BCUT2D eigenvalue weighted by Crippen LogP contribution is 2.53. The first-order valence-electron chi connectivity index (χ1n) is 36.2. The highest BCUT2D eigenvalue weighted by molar-refractivity contribution is 7.00. The largest absolute Gasteiger partial charge is 0.456 e. The van der Waals surface area contributed by atoms with Gasteiger partial charge in [0, 0.05) is 66.8 Å². The smallest absolute Gasteiger partial charge is 0.252 e. The lowest BCUT2D eigenvalue weighted by molar-refractivity contribution is 0.590. The van der Waals surface area contributed by atoms with Gasteiger partial charge in [-0.15, -0.1) is 0 Å². The van der Waals surface area contributed by atoms with Crippen molar-refractivity contribution in [3.63, 3.8) is 0 Å². The predicted molar refractivity (Wildman–Crippen MR) is 292 cm³/mol. The molecule has 70 heavy (non-hydrogen) atoms. The van der Waals surface area contributed by atoms with Crippen molar-refractivity contribution in [1.29, 1.82) is 5.26 Å². The second-order valence-corrected chi connectivity index (χ2v) is 19.4. The minimum atomic E-state index is -2.05. The Labute approximate surface area is 445 Å². The van der Waals surface area contributed by atoms with Gasteiger partial charge in [0.05, 0.1) is 89.1 Å². The van der Waals surface area contributed by atoms with E-state index in [1.54, 1.807) is 41.5 Å². The van der Waals surface area contributed by atoms with Crippen molar-refractivity contribution in [3.05, 3.63) is 186 Å². The lowest BCUT2D eigenvalue weighted by Gasteiger charge is -2.46. The van der Waals surface area contributed by atoms with Gasteiger partial charge in [-0.3, -0.25) is 0 Å². The number of para-hydroxylation sites is 4. The Balaban J connectivity index is 1.23. The van der Waals surface area contributed by atoms with Crippen molar-refractivity contribution >= 4 is 123 Å². The fraction of sp³-hybridized carbons (Fsp3) is 0.127. The fourth-order valence-corrected chi connectivity index (χ4v) is 10.1. The summed E-state index contributed by atoms with van der Waals surface area (Å²) in [6.07, 6.45) is 0. The van der Waals surface area contributed by atoms with Gasteiger partial charge in [-0.1, -0.05) is 120 Å². The van der Waals surface area contributed by atoms with E-state index in [-0.39, 0.29) is 38.2 Å². The monoisotopic (exact) mass is 928 g/mol.